The Morgan fingerprint density at radius 2 is 1.55 bits per heavy atom. The summed E-state index contributed by atoms with van der Waals surface area (Å²) < 4.78 is 1.98. The Labute approximate surface area is 141 Å². The van der Waals surface area contributed by atoms with Crippen molar-refractivity contribution in [3.8, 4) is 0 Å². The number of unbranched alkanes of at least 4 members (excludes halogenated alkanes) is 9. The molecule has 0 aliphatic carbocycles. The van der Waals surface area contributed by atoms with Crippen molar-refractivity contribution in [2.75, 3.05) is 0 Å². The zero-order valence-electron chi connectivity index (χ0n) is 13.8. The number of halogens is 1. The van der Waals surface area contributed by atoms with Gasteiger partial charge in [-0.2, -0.15) is 0 Å². The van der Waals surface area contributed by atoms with E-state index >= 15 is 0 Å². The second-order valence-corrected chi connectivity index (χ2v) is 5.82. The molecule has 3 nitrogen and oxygen atoms in total. The first kappa shape index (κ1) is 20.9. The van der Waals surface area contributed by atoms with E-state index in [1.807, 2.05) is 10.8 Å². The van der Waals surface area contributed by atoms with E-state index in [-0.39, 0.29) is 12.4 Å². The Hall–Kier alpha value is -1.09. The molecule has 0 aliphatic rings. The highest BCUT2D eigenvalue weighted by atomic mass is 35.5. The van der Waals surface area contributed by atoms with E-state index in [0.29, 0.717) is 5.56 Å². The van der Waals surface area contributed by atoms with Crippen molar-refractivity contribution < 1.29 is 26.9 Å². The highest BCUT2D eigenvalue weighted by Gasteiger charge is 2.08. The van der Waals surface area contributed by atoms with Crippen molar-refractivity contribution >= 4 is 5.97 Å². The normalized spacial score (nSPS) is 10.2. The van der Waals surface area contributed by atoms with Crippen molar-refractivity contribution in [2.24, 2.45) is 0 Å². The molecule has 0 fully saturated rings. The molecule has 126 valence electrons. The summed E-state index contributed by atoms with van der Waals surface area (Å²) in [7, 11) is 0. The number of hydrogen-bond donors (Lipinski definition) is 1. The van der Waals surface area contributed by atoms with E-state index < -0.39 is 5.97 Å². The second kappa shape index (κ2) is 13.6. The fourth-order valence-corrected chi connectivity index (χ4v) is 2.57. The van der Waals surface area contributed by atoms with Gasteiger partial charge in [0.2, 0.25) is 0 Å². The van der Waals surface area contributed by atoms with Crippen LogP contribution in [-0.4, -0.2) is 11.1 Å². The molecule has 0 unspecified atom stereocenters. The molecule has 1 N–H and O–H groups in total. The van der Waals surface area contributed by atoms with Gasteiger partial charge in [0.05, 0.1) is 0 Å². The van der Waals surface area contributed by atoms with Crippen LogP contribution >= 0.6 is 0 Å². The Morgan fingerprint density at radius 3 is 2.09 bits per heavy atom. The van der Waals surface area contributed by atoms with Gasteiger partial charge in [0, 0.05) is 12.5 Å². The largest absolute Gasteiger partial charge is 1.00 e. The van der Waals surface area contributed by atoms with E-state index in [1.54, 1.807) is 18.3 Å². The van der Waals surface area contributed by atoms with Gasteiger partial charge in [-0.3, -0.25) is 0 Å². The van der Waals surface area contributed by atoms with Gasteiger partial charge in [0.15, 0.2) is 12.4 Å². The molecule has 1 heterocycles. The maximum absolute atomic E-state index is 10.9. The topological polar surface area (TPSA) is 41.2 Å². The molecule has 22 heavy (non-hydrogen) atoms. The summed E-state index contributed by atoms with van der Waals surface area (Å²) in [5.74, 6) is -0.854. The predicted molar refractivity (Wildman–Crippen MR) is 85.4 cm³/mol. The van der Waals surface area contributed by atoms with E-state index in [1.165, 1.54) is 57.8 Å². The maximum atomic E-state index is 10.9. The van der Waals surface area contributed by atoms with Crippen LogP contribution in [0.5, 0.6) is 0 Å². The molecular weight excluding hydrogens is 298 g/mol. The SMILES string of the molecule is CCCCCCCCCCCC[n+]1cccc(C(=O)O)c1.[Cl-]. The highest BCUT2D eigenvalue weighted by molar-refractivity contribution is 5.86. The maximum Gasteiger partial charge on any atom is 0.341 e. The van der Waals surface area contributed by atoms with Crippen LogP contribution in [0.15, 0.2) is 24.5 Å². The molecule has 0 aromatic carbocycles. The number of aryl methyl sites for hydroxylation is 1. The number of carboxylic acids is 1. The summed E-state index contributed by atoms with van der Waals surface area (Å²) in [5, 5.41) is 8.94. The van der Waals surface area contributed by atoms with Gasteiger partial charge >= 0.3 is 5.97 Å². The van der Waals surface area contributed by atoms with Gasteiger partial charge in [-0.05, 0) is 12.5 Å². The quantitative estimate of drug-likeness (QED) is 0.468. The van der Waals surface area contributed by atoms with Crippen LogP contribution in [0.3, 0.4) is 0 Å². The van der Waals surface area contributed by atoms with E-state index in [2.05, 4.69) is 6.92 Å². The van der Waals surface area contributed by atoms with Gasteiger partial charge in [-0.1, -0.05) is 58.3 Å². The monoisotopic (exact) mass is 327 g/mol. The molecule has 1 aromatic rings. The molecule has 0 saturated heterocycles. The fourth-order valence-electron chi connectivity index (χ4n) is 2.57. The number of nitrogens with zero attached hydrogens (tertiary/aromatic N) is 1. The molecule has 0 amide bonds. The first-order chi connectivity index (χ1) is 10.2. The summed E-state index contributed by atoms with van der Waals surface area (Å²) >= 11 is 0. The standard InChI is InChI=1S/C18H29NO2.ClH/c1-2-3-4-5-6-7-8-9-10-11-14-19-15-12-13-17(16-19)18(20)21;/h12-13,15-16H,2-11,14H2,1H3;1H. The van der Waals surface area contributed by atoms with Gasteiger partial charge in [-0.25, -0.2) is 9.36 Å². The van der Waals surface area contributed by atoms with Crippen LogP contribution in [0, 0.1) is 0 Å². The predicted octanol–water partition coefficient (Wildman–Crippen LogP) is 1.60. The zero-order valence-corrected chi connectivity index (χ0v) is 14.5. The average Bonchev–Trinajstić information content (AvgIpc) is 2.49. The number of aromatic nitrogens is 1. The average molecular weight is 328 g/mol. The Balaban J connectivity index is 0.00000441. The number of hydrogen-bond acceptors (Lipinski definition) is 1. The van der Waals surface area contributed by atoms with Crippen LogP contribution in [-0.2, 0) is 6.54 Å². The lowest BCUT2D eigenvalue weighted by Gasteiger charge is -2.01. The van der Waals surface area contributed by atoms with Crippen molar-refractivity contribution in [3.63, 3.8) is 0 Å². The lowest BCUT2D eigenvalue weighted by molar-refractivity contribution is -0.697. The molecule has 1 rings (SSSR count). The van der Waals surface area contributed by atoms with Crippen molar-refractivity contribution in [2.45, 2.75) is 77.7 Å². The van der Waals surface area contributed by atoms with Gasteiger partial charge in [0.25, 0.3) is 0 Å². The van der Waals surface area contributed by atoms with Crippen LogP contribution in [0.4, 0.5) is 0 Å². The molecule has 0 radical (unpaired) electrons. The molecule has 0 saturated carbocycles. The van der Waals surface area contributed by atoms with Gasteiger partial charge in [0.1, 0.15) is 12.1 Å². The molecule has 0 aliphatic heterocycles. The summed E-state index contributed by atoms with van der Waals surface area (Å²) in [4.78, 5) is 10.9. The van der Waals surface area contributed by atoms with E-state index in [4.69, 9.17) is 5.11 Å². The molecule has 0 spiro atoms. The summed E-state index contributed by atoms with van der Waals surface area (Å²) in [5.41, 5.74) is 0.365. The van der Waals surface area contributed by atoms with Crippen molar-refractivity contribution in [1.29, 1.82) is 0 Å². The Morgan fingerprint density at radius 1 is 1.00 bits per heavy atom. The van der Waals surface area contributed by atoms with Crippen LogP contribution in [0.1, 0.15) is 81.5 Å². The summed E-state index contributed by atoms with van der Waals surface area (Å²) in [6.45, 7) is 3.17. The molecular formula is C18H30ClNO2. The van der Waals surface area contributed by atoms with E-state index in [9.17, 15) is 4.79 Å². The van der Waals surface area contributed by atoms with Gasteiger partial charge < -0.3 is 17.5 Å². The first-order valence-electron chi connectivity index (χ1n) is 8.46. The Bertz CT molecular complexity index is 410. The minimum atomic E-state index is -0.854. The van der Waals surface area contributed by atoms with Crippen LogP contribution in [0.2, 0.25) is 0 Å². The third-order valence-corrected chi connectivity index (χ3v) is 3.88. The smallest absolute Gasteiger partial charge is 0.341 e. The number of carbonyl (C=O) groups is 1. The second-order valence-electron chi connectivity index (χ2n) is 5.82. The van der Waals surface area contributed by atoms with Gasteiger partial charge in [-0.15, -0.1) is 0 Å². The molecule has 0 atom stereocenters. The summed E-state index contributed by atoms with van der Waals surface area (Å²) in [6.07, 6.45) is 16.9. The molecule has 4 heteroatoms. The zero-order chi connectivity index (χ0) is 15.3. The third kappa shape index (κ3) is 9.78. The molecule has 0 bridgehead atoms. The fraction of sp³-hybridized carbons (Fsp3) is 0.667. The minimum Gasteiger partial charge on any atom is -1.00 e. The Kier molecular flexibility index (Phi) is 12.9. The highest BCUT2D eigenvalue weighted by Crippen LogP contribution is 2.10. The lowest BCUT2D eigenvalue weighted by Crippen LogP contribution is -3.00. The first-order valence-corrected chi connectivity index (χ1v) is 8.46. The molecule has 1 aromatic heterocycles. The van der Waals surface area contributed by atoms with Crippen molar-refractivity contribution in [1.82, 2.24) is 0 Å². The van der Waals surface area contributed by atoms with E-state index in [0.717, 1.165) is 13.0 Å². The number of rotatable bonds is 12. The minimum absolute atomic E-state index is 0. The third-order valence-electron chi connectivity index (χ3n) is 3.88. The van der Waals surface area contributed by atoms with Crippen molar-refractivity contribution in [3.05, 3.63) is 30.1 Å². The number of aromatic carboxylic acids is 1. The number of pyridine rings is 1. The lowest BCUT2D eigenvalue weighted by atomic mass is 10.1. The van der Waals surface area contributed by atoms with Crippen LogP contribution in [0.25, 0.3) is 0 Å². The number of carboxylic acid groups (broad SMARTS) is 1. The van der Waals surface area contributed by atoms with Crippen LogP contribution < -0.4 is 17.0 Å². The summed E-state index contributed by atoms with van der Waals surface area (Å²) in [6, 6.07) is 3.44.